The fourth-order valence-corrected chi connectivity index (χ4v) is 1.81. The number of benzene rings is 1. The Hall–Kier alpha value is -2.12. The Labute approximate surface area is 98.2 Å². The molecular formula is C12H9N3S. The van der Waals surface area contributed by atoms with Crippen LogP contribution >= 0.6 is 12.2 Å². The lowest BCUT2D eigenvalue weighted by atomic mass is 10.0. The van der Waals surface area contributed by atoms with Crippen molar-refractivity contribution in [2.75, 3.05) is 5.73 Å². The molecule has 0 aliphatic rings. The van der Waals surface area contributed by atoms with E-state index in [1.54, 1.807) is 6.07 Å². The van der Waals surface area contributed by atoms with Crippen molar-refractivity contribution >= 4 is 18.0 Å². The first-order valence-corrected chi connectivity index (χ1v) is 5.11. The van der Waals surface area contributed by atoms with E-state index < -0.39 is 0 Å². The van der Waals surface area contributed by atoms with Crippen LogP contribution in [-0.2, 0) is 0 Å². The average molecular weight is 227 g/mol. The van der Waals surface area contributed by atoms with E-state index in [9.17, 15) is 0 Å². The normalized spacial score (nSPS) is 9.69. The fraction of sp³-hybridized carbons (Fsp3) is 0. The minimum Gasteiger partial charge on any atom is -0.385 e. The maximum Gasteiger partial charge on any atom is 0.123 e. The van der Waals surface area contributed by atoms with Gasteiger partial charge in [-0.25, -0.2) is 0 Å². The first-order valence-electron chi connectivity index (χ1n) is 4.70. The average Bonchev–Trinajstić information content (AvgIpc) is 2.29. The molecule has 2 rings (SSSR count). The number of hydrogen-bond acceptors (Lipinski definition) is 3. The van der Waals surface area contributed by atoms with Crippen LogP contribution in [0.2, 0.25) is 0 Å². The topological polar surface area (TPSA) is 65.6 Å². The van der Waals surface area contributed by atoms with Crippen LogP contribution in [0.1, 0.15) is 5.56 Å². The molecule has 0 aliphatic heterocycles. The summed E-state index contributed by atoms with van der Waals surface area (Å²) in [7, 11) is 0. The third-order valence-electron chi connectivity index (χ3n) is 2.25. The number of nitriles is 1. The zero-order chi connectivity index (χ0) is 11.5. The summed E-state index contributed by atoms with van der Waals surface area (Å²) >= 11 is 5.07. The molecule has 0 saturated carbocycles. The molecular weight excluding hydrogens is 218 g/mol. The molecule has 78 valence electrons. The number of nitrogens with two attached hydrogens (primary N) is 1. The van der Waals surface area contributed by atoms with E-state index in [4.69, 9.17) is 23.2 Å². The molecule has 1 aromatic carbocycles. The van der Waals surface area contributed by atoms with Crippen molar-refractivity contribution in [1.29, 1.82) is 5.26 Å². The maximum absolute atomic E-state index is 9.07. The van der Waals surface area contributed by atoms with Crippen LogP contribution in [0.25, 0.3) is 11.1 Å². The zero-order valence-corrected chi connectivity index (χ0v) is 9.21. The molecule has 1 heterocycles. The number of rotatable bonds is 1. The van der Waals surface area contributed by atoms with Crippen molar-refractivity contribution in [3.63, 3.8) is 0 Å². The van der Waals surface area contributed by atoms with Gasteiger partial charge in [0.2, 0.25) is 0 Å². The molecule has 1 aromatic heterocycles. The van der Waals surface area contributed by atoms with Crippen LogP contribution in [0.4, 0.5) is 5.82 Å². The van der Waals surface area contributed by atoms with Gasteiger partial charge in [-0.2, -0.15) is 5.26 Å². The summed E-state index contributed by atoms with van der Waals surface area (Å²) < 4.78 is 0.376. The summed E-state index contributed by atoms with van der Waals surface area (Å²) in [5, 5.41) is 9.07. The molecule has 4 heteroatoms. The number of nitrogen functional groups attached to an aromatic ring is 1. The van der Waals surface area contributed by atoms with E-state index in [1.807, 2.05) is 30.3 Å². The second kappa shape index (κ2) is 4.17. The Balaban J connectivity index is 2.75. The smallest absolute Gasteiger partial charge is 0.123 e. The molecule has 0 amide bonds. The van der Waals surface area contributed by atoms with Crippen molar-refractivity contribution < 1.29 is 0 Å². The Bertz CT molecular complexity index is 608. The highest BCUT2D eigenvalue weighted by atomic mass is 32.1. The highest BCUT2D eigenvalue weighted by Gasteiger charge is 2.07. The number of hydrogen-bond donors (Lipinski definition) is 2. The van der Waals surface area contributed by atoms with Gasteiger partial charge in [0.1, 0.15) is 16.5 Å². The fourth-order valence-electron chi connectivity index (χ4n) is 1.54. The lowest BCUT2D eigenvalue weighted by Gasteiger charge is -2.05. The Morgan fingerprint density at radius 2 is 1.94 bits per heavy atom. The summed E-state index contributed by atoms with van der Waals surface area (Å²) in [6.07, 6.45) is 0. The van der Waals surface area contributed by atoms with Gasteiger partial charge in [0, 0.05) is 5.56 Å². The summed E-state index contributed by atoms with van der Waals surface area (Å²) in [4.78, 5) is 2.77. The number of aromatic nitrogens is 1. The van der Waals surface area contributed by atoms with Crippen molar-refractivity contribution in [3.05, 3.63) is 46.6 Å². The highest BCUT2D eigenvalue weighted by Crippen LogP contribution is 2.24. The minimum absolute atomic E-state index is 0.376. The number of H-pyrrole nitrogens is 1. The van der Waals surface area contributed by atoms with Gasteiger partial charge in [-0.3, -0.25) is 0 Å². The summed E-state index contributed by atoms with van der Waals surface area (Å²) in [5.41, 5.74) is 7.85. The molecule has 2 aromatic rings. The number of nitrogens with zero attached hydrogens (tertiary/aromatic N) is 1. The number of anilines is 1. The lowest BCUT2D eigenvalue weighted by Crippen LogP contribution is -1.95. The molecule has 0 atom stereocenters. The van der Waals surface area contributed by atoms with Gasteiger partial charge in [0.05, 0.1) is 5.56 Å². The number of nitrogens with one attached hydrogen (secondary N) is 1. The van der Waals surface area contributed by atoms with Crippen LogP contribution in [0.5, 0.6) is 0 Å². The third-order valence-corrected chi connectivity index (χ3v) is 2.56. The van der Waals surface area contributed by atoms with Crippen LogP contribution in [0.15, 0.2) is 36.4 Å². The zero-order valence-electron chi connectivity index (χ0n) is 8.40. The molecule has 0 bridgehead atoms. The highest BCUT2D eigenvalue weighted by molar-refractivity contribution is 7.71. The molecule has 0 saturated heterocycles. The first-order chi connectivity index (χ1) is 7.72. The van der Waals surface area contributed by atoms with Gasteiger partial charge < -0.3 is 10.7 Å². The predicted molar refractivity (Wildman–Crippen MR) is 66.2 cm³/mol. The standard InChI is InChI=1S/C12H9N3S/c13-7-10-9(6-11(14)15-12(10)16)8-4-2-1-3-5-8/h1-6H,(H3,14,15,16). The lowest BCUT2D eigenvalue weighted by molar-refractivity contribution is 1.28. The van der Waals surface area contributed by atoms with Gasteiger partial charge in [-0.05, 0) is 11.6 Å². The van der Waals surface area contributed by atoms with E-state index >= 15 is 0 Å². The molecule has 0 aliphatic carbocycles. The predicted octanol–water partition coefficient (Wildman–Crippen LogP) is 2.87. The van der Waals surface area contributed by atoms with E-state index in [1.165, 1.54) is 0 Å². The van der Waals surface area contributed by atoms with Gasteiger partial charge in [0.25, 0.3) is 0 Å². The van der Waals surface area contributed by atoms with E-state index in [2.05, 4.69) is 11.1 Å². The Morgan fingerprint density at radius 3 is 2.56 bits per heavy atom. The quantitative estimate of drug-likeness (QED) is 0.736. The summed E-state index contributed by atoms with van der Waals surface area (Å²) in [6, 6.07) is 13.4. The molecule has 0 unspecified atom stereocenters. The second-order valence-corrected chi connectivity index (χ2v) is 3.73. The second-order valence-electron chi connectivity index (χ2n) is 3.32. The van der Waals surface area contributed by atoms with E-state index in [-0.39, 0.29) is 0 Å². The molecule has 0 fully saturated rings. The van der Waals surface area contributed by atoms with Gasteiger partial charge in [-0.1, -0.05) is 42.5 Å². The molecule has 0 spiro atoms. The Morgan fingerprint density at radius 1 is 1.25 bits per heavy atom. The number of pyridine rings is 1. The van der Waals surface area contributed by atoms with Gasteiger partial charge >= 0.3 is 0 Å². The summed E-state index contributed by atoms with van der Waals surface area (Å²) in [6.45, 7) is 0. The largest absolute Gasteiger partial charge is 0.385 e. The van der Waals surface area contributed by atoms with Crippen molar-refractivity contribution in [3.8, 4) is 17.2 Å². The van der Waals surface area contributed by atoms with Crippen LogP contribution in [-0.4, -0.2) is 4.98 Å². The maximum atomic E-state index is 9.07. The molecule has 16 heavy (non-hydrogen) atoms. The SMILES string of the molecule is N#Cc1c(-c2ccccc2)cc(N)[nH]c1=S. The van der Waals surface area contributed by atoms with Gasteiger partial charge in [-0.15, -0.1) is 0 Å². The van der Waals surface area contributed by atoms with Crippen molar-refractivity contribution in [2.24, 2.45) is 0 Å². The monoisotopic (exact) mass is 227 g/mol. The third kappa shape index (κ3) is 1.81. The van der Waals surface area contributed by atoms with E-state index in [0.717, 1.165) is 11.1 Å². The molecule has 3 nitrogen and oxygen atoms in total. The van der Waals surface area contributed by atoms with Crippen molar-refractivity contribution in [2.45, 2.75) is 0 Å². The summed E-state index contributed by atoms with van der Waals surface area (Å²) in [5.74, 6) is 0.461. The first kappa shape index (κ1) is 10.4. The van der Waals surface area contributed by atoms with Gasteiger partial charge in [0.15, 0.2) is 0 Å². The van der Waals surface area contributed by atoms with Crippen LogP contribution in [0, 0.1) is 16.0 Å². The van der Waals surface area contributed by atoms with Crippen LogP contribution < -0.4 is 5.73 Å². The molecule has 0 radical (unpaired) electrons. The van der Waals surface area contributed by atoms with Crippen molar-refractivity contribution in [1.82, 2.24) is 4.98 Å². The Kier molecular flexibility index (Phi) is 2.71. The molecule has 3 N–H and O–H groups in total. The van der Waals surface area contributed by atoms with Crippen LogP contribution in [0.3, 0.4) is 0 Å². The van der Waals surface area contributed by atoms with E-state index in [0.29, 0.717) is 16.0 Å². The number of aromatic amines is 1. The minimum atomic E-state index is 0.376.